The lowest BCUT2D eigenvalue weighted by atomic mass is 10.4. The van der Waals surface area contributed by atoms with Crippen LogP contribution in [0.5, 0.6) is 0 Å². The fourth-order valence-electron chi connectivity index (χ4n) is 1.66. The molecule has 0 aromatic heterocycles. The SMILES string of the molecule is O=C(OC(C(Cl)(Cl)Cl)P(=O)(OCC(F)(F)C(F)F)c1ccccc1)C(Cl)(Cl)Cl. The van der Waals surface area contributed by atoms with Gasteiger partial charge in [0.05, 0.1) is 0 Å². The summed E-state index contributed by atoms with van der Waals surface area (Å²) in [5.74, 6) is -8.79. The Balaban J connectivity index is 3.45. The fourth-order valence-corrected chi connectivity index (χ4v) is 5.21. The molecular weight excluding hydrogens is 540 g/mol. The maximum Gasteiger partial charge on any atom is 0.359 e. The van der Waals surface area contributed by atoms with Gasteiger partial charge in [-0.2, -0.15) is 8.78 Å². The molecule has 2 unspecified atom stereocenters. The van der Waals surface area contributed by atoms with Crippen LogP contribution in [-0.2, 0) is 18.6 Å². The molecule has 0 aliphatic carbocycles. The first-order chi connectivity index (χ1) is 12.5. The number of ether oxygens (including phenoxy) is 1. The van der Waals surface area contributed by atoms with Crippen LogP contribution in [0.4, 0.5) is 17.6 Å². The average molecular weight is 549 g/mol. The third-order valence-electron chi connectivity index (χ3n) is 2.92. The van der Waals surface area contributed by atoms with Gasteiger partial charge < -0.3 is 9.26 Å². The minimum atomic E-state index is -4.89. The van der Waals surface area contributed by atoms with E-state index in [1.807, 2.05) is 0 Å². The predicted octanol–water partition coefficient (Wildman–Crippen LogP) is 6.12. The summed E-state index contributed by atoms with van der Waals surface area (Å²) in [6.45, 7) is -2.04. The average Bonchev–Trinajstić information content (AvgIpc) is 2.56. The van der Waals surface area contributed by atoms with Crippen molar-refractivity contribution in [3.63, 3.8) is 0 Å². The summed E-state index contributed by atoms with van der Waals surface area (Å²) in [6, 6.07) is 6.21. The van der Waals surface area contributed by atoms with Gasteiger partial charge in [-0.1, -0.05) is 87.8 Å². The number of esters is 1. The normalized spacial score (nSPS) is 16.5. The molecule has 0 spiro atoms. The smallest absolute Gasteiger partial charge is 0.359 e. The summed E-state index contributed by atoms with van der Waals surface area (Å²) >= 11 is 33.1. The van der Waals surface area contributed by atoms with Crippen molar-refractivity contribution >= 4 is 88.2 Å². The Labute approximate surface area is 186 Å². The fraction of sp³-hybridized carbons (Fsp3) is 0.462. The van der Waals surface area contributed by atoms with Gasteiger partial charge in [0.25, 0.3) is 11.2 Å². The van der Waals surface area contributed by atoms with Gasteiger partial charge in [-0.25, -0.2) is 13.6 Å². The number of carbonyl (C=O) groups is 1. The maximum atomic E-state index is 13.4. The molecule has 0 N–H and O–H groups in total. The molecule has 0 aliphatic heterocycles. The number of benzene rings is 1. The van der Waals surface area contributed by atoms with E-state index < -0.39 is 45.7 Å². The van der Waals surface area contributed by atoms with Gasteiger partial charge in [-0.3, -0.25) is 4.57 Å². The van der Waals surface area contributed by atoms with Gasteiger partial charge >= 0.3 is 18.3 Å². The number of rotatable bonds is 7. The molecule has 28 heavy (non-hydrogen) atoms. The van der Waals surface area contributed by atoms with Gasteiger partial charge in [0.15, 0.2) is 0 Å². The molecule has 4 nitrogen and oxygen atoms in total. The monoisotopic (exact) mass is 546 g/mol. The van der Waals surface area contributed by atoms with Gasteiger partial charge in [0, 0.05) is 5.30 Å². The summed E-state index contributed by atoms with van der Waals surface area (Å²) in [7, 11) is -4.89. The molecule has 0 amide bonds. The second-order valence-corrected chi connectivity index (χ2v) is 12.2. The number of alkyl halides is 10. The molecule has 0 aliphatic rings. The van der Waals surface area contributed by atoms with Crippen molar-refractivity contribution in [2.45, 2.75) is 25.8 Å². The van der Waals surface area contributed by atoms with E-state index in [1.165, 1.54) is 18.2 Å². The predicted molar refractivity (Wildman–Crippen MR) is 101 cm³/mol. The topological polar surface area (TPSA) is 52.6 Å². The second-order valence-electron chi connectivity index (χ2n) is 5.06. The molecular formula is C13H9Cl6F4O4P. The first kappa shape index (κ1) is 26.4. The van der Waals surface area contributed by atoms with Crippen LogP contribution in [0.3, 0.4) is 0 Å². The highest BCUT2D eigenvalue weighted by Crippen LogP contribution is 2.60. The zero-order valence-corrected chi connectivity index (χ0v) is 18.5. The molecule has 0 saturated heterocycles. The summed E-state index contributed by atoms with van der Waals surface area (Å²) < 4.78 is 68.8. The first-order valence-corrected chi connectivity index (χ1v) is 10.8. The molecule has 15 heteroatoms. The van der Waals surface area contributed by atoms with Crippen LogP contribution in [0.15, 0.2) is 30.3 Å². The van der Waals surface area contributed by atoms with E-state index in [4.69, 9.17) is 69.6 Å². The van der Waals surface area contributed by atoms with Crippen molar-refractivity contribution in [2.24, 2.45) is 0 Å². The van der Waals surface area contributed by atoms with E-state index in [0.717, 1.165) is 12.1 Å². The Morgan fingerprint density at radius 1 is 1.04 bits per heavy atom. The maximum absolute atomic E-state index is 13.4. The summed E-state index contributed by atoms with van der Waals surface area (Å²) in [5.41, 5.74) is 0. The Hall–Kier alpha value is 0.340. The molecule has 0 bridgehead atoms. The molecule has 1 aromatic carbocycles. The molecule has 0 radical (unpaired) electrons. The lowest BCUT2D eigenvalue weighted by molar-refractivity contribution is -0.150. The third kappa shape index (κ3) is 6.95. The van der Waals surface area contributed by atoms with E-state index in [-0.39, 0.29) is 5.30 Å². The Morgan fingerprint density at radius 2 is 1.54 bits per heavy atom. The van der Waals surface area contributed by atoms with Crippen molar-refractivity contribution in [3.8, 4) is 0 Å². The standard InChI is InChI=1S/C13H9Cl6F4O4P/c14-12(15,16)9(24)27-10(13(17,18)19)28(25,7-4-2-1-3-5-7)26-6-11(22,23)8(20)21/h1-5,8,10H,6H2. The van der Waals surface area contributed by atoms with Crippen LogP contribution >= 0.6 is 77.0 Å². The van der Waals surface area contributed by atoms with E-state index in [9.17, 15) is 26.9 Å². The largest absolute Gasteiger partial charge is 0.444 e. The highest BCUT2D eigenvalue weighted by molar-refractivity contribution is 7.68. The van der Waals surface area contributed by atoms with Crippen LogP contribution in [-0.4, -0.2) is 38.4 Å². The number of hydrogen-bond acceptors (Lipinski definition) is 4. The highest BCUT2D eigenvalue weighted by atomic mass is 35.6. The minimum Gasteiger partial charge on any atom is -0.444 e. The quantitative estimate of drug-likeness (QED) is 0.178. The van der Waals surface area contributed by atoms with Gasteiger partial charge in [-0.15, -0.1) is 0 Å². The van der Waals surface area contributed by atoms with Crippen molar-refractivity contribution < 1.29 is 36.2 Å². The van der Waals surface area contributed by atoms with Crippen LogP contribution in [0.25, 0.3) is 0 Å². The van der Waals surface area contributed by atoms with Crippen LogP contribution in [0, 0.1) is 0 Å². The summed E-state index contributed by atoms with van der Waals surface area (Å²) in [6.07, 6.45) is -4.15. The Morgan fingerprint density at radius 3 is 1.93 bits per heavy atom. The molecule has 0 heterocycles. The van der Waals surface area contributed by atoms with Crippen molar-refractivity contribution in [1.29, 1.82) is 0 Å². The number of carbonyl (C=O) groups excluding carboxylic acids is 1. The van der Waals surface area contributed by atoms with Crippen molar-refractivity contribution in [3.05, 3.63) is 30.3 Å². The summed E-state index contributed by atoms with van der Waals surface area (Å²) in [4.78, 5) is 11.9. The molecule has 1 aromatic rings. The van der Waals surface area contributed by atoms with E-state index in [0.29, 0.717) is 0 Å². The number of halogens is 10. The van der Waals surface area contributed by atoms with Crippen molar-refractivity contribution in [2.75, 3.05) is 6.61 Å². The zero-order valence-electron chi connectivity index (χ0n) is 13.1. The summed E-state index contributed by atoms with van der Waals surface area (Å²) in [5, 5.41) is -0.381. The lowest BCUT2D eigenvalue weighted by Gasteiger charge is -2.33. The minimum absolute atomic E-state index is 0.381. The molecule has 0 fully saturated rings. The zero-order chi connectivity index (χ0) is 22.0. The van der Waals surface area contributed by atoms with Gasteiger partial charge in [0.2, 0.25) is 9.64 Å². The second kappa shape index (κ2) is 9.65. The van der Waals surface area contributed by atoms with Gasteiger partial charge in [0.1, 0.15) is 6.61 Å². The lowest BCUT2D eigenvalue weighted by Crippen LogP contribution is -2.40. The molecule has 1 rings (SSSR count). The molecule has 2 atom stereocenters. The van der Waals surface area contributed by atoms with Gasteiger partial charge in [-0.05, 0) is 12.1 Å². The first-order valence-electron chi connectivity index (χ1n) is 6.82. The Bertz CT molecular complexity index is 726. The van der Waals surface area contributed by atoms with Crippen LogP contribution in [0.2, 0.25) is 0 Å². The highest BCUT2D eigenvalue weighted by Gasteiger charge is 2.55. The van der Waals surface area contributed by atoms with Crippen LogP contribution < -0.4 is 5.30 Å². The third-order valence-corrected chi connectivity index (χ3v) is 7.08. The molecule has 160 valence electrons. The van der Waals surface area contributed by atoms with E-state index in [1.54, 1.807) is 0 Å². The van der Waals surface area contributed by atoms with Crippen LogP contribution in [0.1, 0.15) is 0 Å². The number of hydrogen-bond donors (Lipinski definition) is 0. The van der Waals surface area contributed by atoms with Crippen molar-refractivity contribution in [1.82, 2.24) is 0 Å². The Kier molecular flexibility index (Phi) is 9.09. The molecule has 0 saturated carbocycles. The van der Waals surface area contributed by atoms with E-state index in [2.05, 4.69) is 9.26 Å². The van der Waals surface area contributed by atoms with E-state index >= 15 is 0 Å².